The number of nitrogens with zero attached hydrogens (tertiary/aromatic N) is 2. The second-order valence-corrected chi connectivity index (χ2v) is 7.24. The molecular formula is C21H22N2O2S. The summed E-state index contributed by atoms with van der Waals surface area (Å²) in [5, 5.41) is 2.79. The highest BCUT2D eigenvalue weighted by Gasteiger charge is 2.14. The summed E-state index contributed by atoms with van der Waals surface area (Å²) < 4.78 is 5.75. The van der Waals surface area contributed by atoms with Crippen LogP contribution in [-0.2, 0) is 17.8 Å². The zero-order valence-corrected chi connectivity index (χ0v) is 16.0. The summed E-state index contributed by atoms with van der Waals surface area (Å²) in [7, 11) is 1.79. The van der Waals surface area contributed by atoms with E-state index in [1.165, 1.54) is 22.5 Å². The highest BCUT2D eigenvalue weighted by Crippen LogP contribution is 2.18. The molecule has 0 aliphatic rings. The largest absolute Gasteiger partial charge is 0.486 e. The summed E-state index contributed by atoms with van der Waals surface area (Å²) in [6.45, 7) is 4.48. The average Bonchev–Trinajstić information content (AvgIpc) is 3.08. The van der Waals surface area contributed by atoms with Crippen LogP contribution in [-0.4, -0.2) is 17.9 Å². The molecule has 0 atom stereocenters. The number of aromatic nitrogens is 1. The highest BCUT2D eigenvalue weighted by atomic mass is 32.1. The molecule has 0 saturated heterocycles. The number of carbonyl (C=O) groups excluding carboxylic acids is 1. The number of amides is 1. The molecule has 0 aliphatic heterocycles. The molecule has 2 aromatic carbocycles. The lowest BCUT2D eigenvalue weighted by molar-refractivity contribution is -0.117. The number of anilines is 1. The van der Waals surface area contributed by atoms with Gasteiger partial charge in [0.2, 0.25) is 5.91 Å². The lowest BCUT2D eigenvalue weighted by Crippen LogP contribution is -2.27. The van der Waals surface area contributed by atoms with Crippen molar-refractivity contribution in [3.8, 4) is 5.75 Å². The van der Waals surface area contributed by atoms with Gasteiger partial charge in [0.25, 0.3) is 0 Å². The number of likely N-dealkylation sites (N-methyl/N-ethyl adjacent to an activating group) is 1. The van der Waals surface area contributed by atoms with E-state index in [1.807, 2.05) is 67.8 Å². The second-order valence-electron chi connectivity index (χ2n) is 6.30. The number of hydrogen-bond acceptors (Lipinski definition) is 4. The summed E-state index contributed by atoms with van der Waals surface area (Å²) in [5.74, 6) is 0.840. The van der Waals surface area contributed by atoms with Gasteiger partial charge in [-0.3, -0.25) is 4.79 Å². The Morgan fingerprint density at radius 3 is 2.31 bits per heavy atom. The number of rotatable bonds is 6. The Labute approximate surface area is 158 Å². The first kappa shape index (κ1) is 18.1. The molecular weight excluding hydrogens is 344 g/mol. The molecule has 0 spiro atoms. The smallest absolute Gasteiger partial charge is 0.232 e. The maximum Gasteiger partial charge on any atom is 0.232 e. The van der Waals surface area contributed by atoms with Crippen LogP contribution in [0.3, 0.4) is 0 Å². The summed E-state index contributed by atoms with van der Waals surface area (Å²) >= 11 is 1.52. The molecule has 1 amide bonds. The molecule has 3 aromatic rings. The fourth-order valence-electron chi connectivity index (χ4n) is 2.46. The van der Waals surface area contributed by atoms with Gasteiger partial charge >= 0.3 is 0 Å². The summed E-state index contributed by atoms with van der Waals surface area (Å²) in [5.41, 5.74) is 4.04. The molecule has 0 fully saturated rings. The highest BCUT2D eigenvalue weighted by molar-refractivity contribution is 7.09. The maximum atomic E-state index is 12.5. The molecule has 5 heteroatoms. The van der Waals surface area contributed by atoms with E-state index < -0.39 is 0 Å². The van der Waals surface area contributed by atoms with Gasteiger partial charge in [0, 0.05) is 18.1 Å². The minimum atomic E-state index is 0.0187. The lowest BCUT2D eigenvalue weighted by Gasteiger charge is -2.17. The second kappa shape index (κ2) is 8.15. The van der Waals surface area contributed by atoms with E-state index >= 15 is 0 Å². The third-order valence-corrected chi connectivity index (χ3v) is 4.98. The first-order chi connectivity index (χ1) is 12.5. The van der Waals surface area contributed by atoms with Crippen LogP contribution in [0.2, 0.25) is 0 Å². The van der Waals surface area contributed by atoms with Gasteiger partial charge in [0.15, 0.2) is 0 Å². The molecule has 134 valence electrons. The Bertz CT molecular complexity index is 870. The van der Waals surface area contributed by atoms with Crippen molar-refractivity contribution in [2.75, 3.05) is 11.9 Å². The molecule has 4 nitrogen and oxygen atoms in total. The first-order valence-corrected chi connectivity index (χ1v) is 9.35. The first-order valence-electron chi connectivity index (χ1n) is 8.47. The Balaban J connectivity index is 1.56. The van der Waals surface area contributed by atoms with Gasteiger partial charge in [-0.2, -0.15) is 0 Å². The van der Waals surface area contributed by atoms with Crippen LogP contribution < -0.4 is 9.64 Å². The number of aryl methyl sites for hydroxylation is 2. The minimum absolute atomic E-state index is 0.0187. The molecule has 1 heterocycles. The molecule has 0 bridgehead atoms. The Morgan fingerprint density at radius 1 is 1.04 bits per heavy atom. The van der Waals surface area contributed by atoms with Crippen LogP contribution in [0.1, 0.15) is 21.8 Å². The zero-order chi connectivity index (χ0) is 18.5. The molecule has 1 aromatic heterocycles. The molecule has 0 saturated carbocycles. The number of benzene rings is 2. The van der Waals surface area contributed by atoms with Gasteiger partial charge in [0.05, 0.1) is 12.1 Å². The van der Waals surface area contributed by atoms with E-state index in [0.717, 1.165) is 22.1 Å². The van der Waals surface area contributed by atoms with Crippen LogP contribution in [0.5, 0.6) is 5.75 Å². The van der Waals surface area contributed by atoms with Crippen LogP contribution in [0.4, 0.5) is 5.69 Å². The number of carbonyl (C=O) groups is 1. The molecule has 0 radical (unpaired) electrons. The predicted octanol–water partition coefficient (Wildman–Crippen LogP) is 4.54. The van der Waals surface area contributed by atoms with E-state index in [0.29, 0.717) is 6.61 Å². The van der Waals surface area contributed by atoms with Gasteiger partial charge in [-0.1, -0.05) is 35.4 Å². The summed E-state index contributed by atoms with van der Waals surface area (Å²) in [4.78, 5) is 18.7. The van der Waals surface area contributed by atoms with Crippen molar-refractivity contribution >= 4 is 22.9 Å². The molecule has 26 heavy (non-hydrogen) atoms. The van der Waals surface area contributed by atoms with Crippen molar-refractivity contribution < 1.29 is 9.53 Å². The number of hydrogen-bond donors (Lipinski definition) is 0. The van der Waals surface area contributed by atoms with Crippen molar-refractivity contribution in [3.05, 3.63) is 75.7 Å². The number of thiazole rings is 1. The third-order valence-electron chi connectivity index (χ3n) is 4.11. The van der Waals surface area contributed by atoms with Crippen molar-refractivity contribution in [2.45, 2.75) is 26.9 Å². The van der Waals surface area contributed by atoms with Crippen LogP contribution in [0.15, 0.2) is 53.9 Å². The van der Waals surface area contributed by atoms with Gasteiger partial charge in [-0.05, 0) is 38.1 Å². The molecule has 3 rings (SSSR count). The normalized spacial score (nSPS) is 10.6. The quantitative estimate of drug-likeness (QED) is 0.643. The van der Waals surface area contributed by atoms with Gasteiger partial charge in [-0.15, -0.1) is 11.3 Å². The van der Waals surface area contributed by atoms with Gasteiger partial charge < -0.3 is 9.64 Å². The number of ether oxygens (including phenoxy) is 1. The van der Waals surface area contributed by atoms with Gasteiger partial charge in [-0.25, -0.2) is 4.98 Å². The van der Waals surface area contributed by atoms with Crippen molar-refractivity contribution in [1.29, 1.82) is 0 Å². The van der Waals surface area contributed by atoms with Crippen LogP contribution in [0.25, 0.3) is 0 Å². The van der Waals surface area contributed by atoms with Crippen molar-refractivity contribution in [1.82, 2.24) is 4.98 Å². The maximum absolute atomic E-state index is 12.5. The van der Waals surface area contributed by atoms with E-state index in [2.05, 4.69) is 4.98 Å². The minimum Gasteiger partial charge on any atom is -0.486 e. The third kappa shape index (κ3) is 4.70. The van der Waals surface area contributed by atoms with E-state index in [9.17, 15) is 4.79 Å². The van der Waals surface area contributed by atoms with Crippen molar-refractivity contribution in [3.63, 3.8) is 0 Å². The average molecular weight is 366 g/mol. The fourth-order valence-corrected chi connectivity index (χ4v) is 3.17. The predicted molar refractivity (Wildman–Crippen MR) is 106 cm³/mol. The topological polar surface area (TPSA) is 42.4 Å². The fraction of sp³-hybridized carbons (Fsp3) is 0.238. The SMILES string of the molecule is Cc1ccc(OCc2nc(CC(=O)N(C)c3ccc(C)cc3)cs2)cc1. The Morgan fingerprint density at radius 2 is 1.65 bits per heavy atom. The summed E-state index contributed by atoms with van der Waals surface area (Å²) in [6.07, 6.45) is 0.283. The van der Waals surface area contributed by atoms with Gasteiger partial charge in [0.1, 0.15) is 17.4 Å². The summed E-state index contributed by atoms with van der Waals surface area (Å²) in [6, 6.07) is 15.8. The van der Waals surface area contributed by atoms with Crippen LogP contribution >= 0.6 is 11.3 Å². The van der Waals surface area contributed by atoms with Crippen molar-refractivity contribution in [2.24, 2.45) is 0 Å². The molecule has 0 aliphatic carbocycles. The standard InChI is InChI=1S/C21H22N2O2S/c1-15-4-8-18(9-5-15)23(3)21(24)12-17-14-26-20(22-17)13-25-19-10-6-16(2)7-11-19/h4-11,14H,12-13H2,1-3H3. The Hall–Kier alpha value is -2.66. The Kier molecular flexibility index (Phi) is 5.68. The van der Waals surface area contributed by atoms with E-state index in [-0.39, 0.29) is 12.3 Å². The zero-order valence-electron chi connectivity index (χ0n) is 15.2. The van der Waals surface area contributed by atoms with E-state index in [1.54, 1.807) is 11.9 Å². The molecule has 0 N–H and O–H groups in total. The van der Waals surface area contributed by atoms with E-state index in [4.69, 9.17) is 4.74 Å². The lowest BCUT2D eigenvalue weighted by atomic mass is 10.2. The molecule has 0 unspecified atom stereocenters. The monoisotopic (exact) mass is 366 g/mol. The van der Waals surface area contributed by atoms with Crippen LogP contribution in [0, 0.1) is 13.8 Å².